The summed E-state index contributed by atoms with van der Waals surface area (Å²) in [5.41, 5.74) is 0.782. The summed E-state index contributed by atoms with van der Waals surface area (Å²) in [6.45, 7) is 9.69. The fourth-order valence-corrected chi connectivity index (χ4v) is 2.73. The molecule has 2 rings (SSSR count). The fourth-order valence-electron chi connectivity index (χ4n) is 2.57. The van der Waals surface area contributed by atoms with Crippen LogP contribution in [0.3, 0.4) is 0 Å². The van der Waals surface area contributed by atoms with Gasteiger partial charge >= 0.3 is 0 Å². The third-order valence-electron chi connectivity index (χ3n) is 3.93. The van der Waals surface area contributed by atoms with Gasteiger partial charge in [0.1, 0.15) is 5.75 Å². The number of amides is 1. The van der Waals surface area contributed by atoms with Crippen LogP contribution in [0.1, 0.15) is 27.2 Å². The van der Waals surface area contributed by atoms with Gasteiger partial charge in [-0.3, -0.25) is 4.79 Å². The number of fused-ring (bicyclic) bond motifs is 1. The van der Waals surface area contributed by atoms with Crippen LogP contribution in [0, 0.1) is 0 Å². The molecule has 1 unspecified atom stereocenters. The maximum Gasteiger partial charge on any atom is 0.268 e. The van der Waals surface area contributed by atoms with Crippen molar-refractivity contribution in [1.29, 1.82) is 0 Å². The van der Waals surface area contributed by atoms with E-state index in [9.17, 15) is 4.79 Å². The molecule has 1 aromatic rings. The third kappa shape index (κ3) is 3.50. The lowest BCUT2D eigenvalue weighted by Crippen LogP contribution is -2.48. The number of carbonyl (C=O) groups excluding carboxylic acids is 1. The Morgan fingerprint density at radius 1 is 1.29 bits per heavy atom. The van der Waals surface area contributed by atoms with Crippen molar-refractivity contribution < 1.29 is 9.53 Å². The molecular weight excluding hydrogens is 288 g/mol. The first-order valence-electron chi connectivity index (χ1n) is 7.60. The van der Waals surface area contributed by atoms with Crippen LogP contribution >= 0.6 is 11.6 Å². The summed E-state index contributed by atoms with van der Waals surface area (Å²) < 4.78 is 5.77. The first-order valence-corrected chi connectivity index (χ1v) is 7.98. The number of rotatable bonds is 6. The van der Waals surface area contributed by atoms with Gasteiger partial charge in [0.2, 0.25) is 0 Å². The van der Waals surface area contributed by atoms with Gasteiger partial charge in [-0.25, -0.2) is 0 Å². The van der Waals surface area contributed by atoms with Crippen LogP contribution in [-0.4, -0.2) is 43.1 Å². The van der Waals surface area contributed by atoms with E-state index in [0.29, 0.717) is 18.0 Å². The van der Waals surface area contributed by atoms with Crippen LogP contribution in [0.5, 0.6) is 5.75 Å². The van der Waals surface area contributed by atoms with Gasteiger partial charge in [-0.1, -0.05) is 32.4 Å². The maximum atomic E-state index is 12.6. The van der Waals surface area contributed by atoms with Crippen molar-refractivity contribution >= 4 is 23.2 Å². The number of halogens is 1. The normalized spacial score (nSPS) is 17.9. The van der Waals surface area contributed by atoms with E-state index in [0.717, 1.165) is 31.1 Å². The first-order chi connectivity index (χ1) is 10.1. The van der Waals surface area contributed by atoms with E-state index in [1.54, 1.807) is 6.07 Å². The van der Waals surface area contributed by atoms with E-state index in [4.69, 9.17) is 16.3 Å². The zero-order valence-corrected chi connectivity index (χ0v) is 13.7. The molecule has 0 aliphatic carbocycles. The molecule has 116 valence electrons. The molecular formula is C16H23ClN2O2. The van der Waals surface area contributed by atoms with Crippen molar-refractivity contribution in [3.8, 4) is 5.75 Å². The highest BCUT2D eigenvalue weighted by atomic mass is 35.5. The van der Waals surface area contributed by atoms with Gasteiger partial charge in [-0.05, 0) is 37.7 Å². The van der Waals surface area contributed by atoms with Crippen molar-refractivity contribution in [2.75, 3.05) is 31.1 Å². The Labute approximate surface area is 131 Å². The Kier molecular flexibility index (Phi) is 5.48. The summed E-state index contributed by atoms with van der Waals surface area (Å²) in [7, 11) is 0. The molecule has 4 nitrogen and oxygen atoms in total. The molecule has 1 aliphatic heterocycles. The second kappa shape index (κ2) is 7.14. The Morgan fingerprint density at radius 2 is 2.00 bits per heavy atom. The predicted molar refractivity (Wildman–Crippen MR) is 86.3 cm³/mol. The highest BCUT2D eigenvalue weighted by molar-refractivity contribution is 6.31. The molecule has 0 N–H and O–H groups in total. The second-order valence-corrected chi connectivity index (χ2v) is 5.58. The molecule has 1 aliphatic rings. The van der Waals surface area contributed by atoms with Crippen molar-refractivity contribution in [3.05, 3.63) is 23.2 Å². The van der Waals surface area contributed by atoms with E-state index in [2.05, 4.69) is 18.7 Å². The van der Waals surface area contributed by atoms with Gasteiger partial charge in [0.25, 0.3) is 5.91 Å². The number of nitrogens with zero attached hydrogens (tertiary/aromatic N) is 2. The van der Waals surface area contributed by atoms with E-state index in [1.807, 2.05) is 24.0 Å². The van der Waals surface area contributed by atoms with Crippen LogP contribution in [0.25, 0.3) is 0 Å². The lowest BCUT2D eigenvalue weighted by atomic mass is 10.1. The molecule has 1 atom stereocenters. The molecule has 0 radical (unpaired) electrons. The topological polar surface area (TPSA) is 32.8 Å². The molecule has 0 bridgehead atoms. The maximum absolute atomic E-state index is 12.6. The van der Waals surface area contributed by atoms with Crippen LogP contribution in [-0.2, 0) is 4.79 Å². The first kappa shape index (κ1) is 16.1. The van der Waals surface area contributed by atoms with Gasteiger partial charge in [-0.2, -0.15) is 0 Å². The van der Waals surface area contributed by atoms with Crippen LogP contribution in [0.15, 0.2) is 18.2 Å². The van der Waals surface area contributed by atoms with Crippen LogP contribution < -0.4 is 9.64 Å². The van der Waals surface area contributed by atoms with E-state index >= 15 is 0 Å². The van der Waals surface area contributed by atoms with Crippen molar-refractivity contribution in [1.82, 2.24) is 4.90 Å². The van der Waals surface area contributed by atoms with E-state index in [-0.39, 0.29) is 5.91 Å². The van der Waals surface area contributed by atoms with Gasteiger partial charge in [0.05, 0.1) is 5.69 Å². The molecule has 0 saturated heterocycles. The minimum absolute atomic E-state index is 0.0272. The molecule has 0 aromatic heterocycles. The molecule has 21 heavy (non-hydrogen) atoms. The Balaban J connectivity index is 2.24. The zero-order valence-electron chi connectivity index (χ0n) is 12.9. The minimum Gasteiger partial charge on any atom is -0.478 e. The van der Waals surface area contributed by atoms with Gasteiger partial charge in [0, 0.05) is 18.1 Å². The number of likely N-dealkylation sites (N-methyl/N-ethyl adjacent to an activating group) is 1. The van der Waals surface area contributed by atoms with Crippen LogP contribution in [0.4, 0.5) is 5.69 Å². The van der Waals surface area contributed by atoms with Crippen molar-refractivity contribution in [3.63, 3.8) is 0 Å². The molecule has 1 heterocycles. The lowest BCUT2D eigenvalue weighted by molar-refractivity contribution is -0.126. The second-order valence-electron chi connectivity index (χ2n) is 5.14. The molecule has 1 amide bonds. The molecule has 1 aromatic carbocycles. The number of ether oxygens (including phenoxy) is 1. The number of carbonyl (C=O) groups is 1. The zero-order chi connectivity index (χ0) is 15.4. The van der Waals surface area contributed by atoms with Crippen LogP contribution in [0.2, 0.25) is 5.02 Å². The van der Waals surface area contributed by atoms with Gasteiger partial charge in [0.15, 0.2) is 6.10 Å². The summed E-state index contributed by atoms with van der Waals surface area (Å²) >= 11 is 6.07. The molecule has 0 spiro atoms. The summed E-state index contributed by atoms with van der Waals surface area (Å²) in [5, 5.41) is 0.618. The quantitative estimate of drug-likeness (QED) is 0.809. The highest BCUT2D eigenvalue weighted by Gasteiger charge is 2.33. The number of hydrogen-bond donors (Lipinski definition) is 0. The molecule has 0 fully saturated rings. The van der Waals surface area contributed by atoms with E-state index < -0.39 is 6.10 Å². The smallest absolute Gasteiger partial charge is 0.268 e. The number of benzene rings is 1. The average molecular weight is 311 g/mol. The third-order valence-corrected chi connectivity index (χ3v) is 4.16. The number of anilines is 1. The predicted octanol–water partition coefficient (Wildman–Crippen LogP) is 3.19. The monoisotopic (exact) mass is 310 g/mol. The van der Waals surface area contributed by atoms with Crippen molar-refractivity contribution in [2.45, 2.75) is 33.3 Å². The molecule has 5 heteroatoms. The summed E-state index contributed by atoms with van der Waals surface area (Å²) in [6, 6.07) is 5.45. The summed E-state index contributed by atoms with van der Waals surface area (Å²) in [4.78, 5) is 16.7. The SMILES string of the molecule is CCC1Oc2ccc(Cl)cc2N(CCN(CC)CC)C1=O. The Hall–Kier alpha value is -1.26. The number of hydrogen-bond acceptors (Lipinski definition) is 3. The lowest BCUT2D eigenvalue weighted by Gasteiger charge is -2.35. The fraction of sp³-hybridized carbons (Fsp3) is 0.562. The summed E-state index contributed by atoms with van der Waals surface area (Å²) in [5.74, 6) is 0.768. The Morgan fingerprint density at radius 3 is 2.62 bits per heavy atom. The molecule has 0 saturated carbocycles. The van der Waals surface area contributed by atoms with E-state index in [1.165, 1.54) is 0 Å². The summed E-state index contributed by atoms with van der Waals surface area (Å²) in [6.07, 6.45) is 0.276. The average Bonchev–Trinajstić information content (AvgIpc) is 2.49. The highest BCUT2D eigenvalue weighted by Crippen LogP contribution is 2.36. The standard InChI is InChI=1S/C16H23ClN2O2/c1-4-14-16(20)19(10-9-18(5-2)6-3)13-11-12(17)7-8-15(13)21-14/h7-8,11,14H,4-6,9-10H2,1-3H3. The largest absolute Gasteiger partial charge is 0.478 e. The van der Waals surface area contributed by atoms with Crippen molar-refractivity contribution in [2.24, 2.45) is 0 Å². The Bertz CT molecular complexity index is 503. The minimum atomic E-state index is -0.393. The van der Waals surface area contributed by atoms with Gasteiger partial charge in [-0.15, -0.1) is 0 Å². The van der Waals surface area contributed by atoms with Gasteiger partial charge < -0.3 is 14.5 Å².